The number of nitrogens with zero attached hydrogens (tertiary/aromatic N) is 4. The van der Waals surface area contributed by atoms with Crippen molar-refractivity contribution in [2.24, 2.45) is 0 Å². The Labute approximate surface area is 229 Å². The molecule has 2 unspecified atom stereocenters. The van der Waals surface area contributed by atoms with E-state index < -0.39 is 52.5 Å². The number of carboxylic acids is 1. The molecule has 2 atom stereocenters. The molecule has 4 N–H and O–H groups in total. The standard InChI is InChI=1S/C23H23F3N6O6S2/c24-23(25,26)38-17-10-14-12(2-4-28-19(14)27)8-13(17)9-16(21(34)35)32-7-3-15(20(32)33)30-40(36,37)18-11-29-22(39-18)31-5-1-6-31/h2,4,8,10-11,15-16,30H,1,3,5-7,9H2,(H2,27,28)(H,34,35). The first-order valence-corrected chi connectivity index (χ1v) is 14.3. The van der Waals surface area contributed by atoms with Gasteiger partial charge < -0.3 is 25.4 Å². The predicted molar refractivity (Wildman–Crippen MR) is 137 cm³/mol. The molecular weight excluding hydrogens is 577 g/mol. The number of anilines is 2. The van der Waals surface area contributed by atoms with Crippen molar-refractivity contribution < 1.29 is 41.0 Å². The normalized spacial score (nSPS) is 18.7. The summed E-state index contributed by atoms with van der Waals surface area (Å²) in [4.78, 5) is 36.2. The molecule has 1 amide bonds. The van der Waals surface area contributed by atoms with Gasteiger partial charge in [-0.3, -0.25) is 4.79 Å². The highest BCUT2D eigenvalue weighted by atomic mass is 32.2. The number of benzene rings is 1. The number of aliphatic carboxylic acids is 1. The molecule has 0 bridgehead atoms. The number of rotatable bonds is 9. The predicted octanol–water partition coefficient (Wildman–Crippen LogP) is 1.96. The molecule has 2 aromatic heterocycles. The van der Waals surface area contributed by atoms with Crippen molar-refractivity contribution in [2.75, 3.05) is 30.3 Å². The smallest absolute Gasteiger partial charge is 0.480 e. The van der Waals surface area contributed by atoms with Gasteiger partial charge in [0.15, 0.2) is 9.34 Å². The largest absolute Gasteiger partial charge is 0.573 e. The second-order valence-electron chi connectivity index (χ2n) is 9.28. The highest BCUT2D eigenvalue weighted by Gasteiger charge is 2.42. The first kappa shape index (κ1) is 27.9. The first-order valence-electron chi connectivity index (χ1n) is 12.0. The molecule has 2 saturated heterocycles. The number of hydrogen-bond acceptors (Lipinski definition) is 10. The monoisotopic (exact) mass is 600 g/mol. The van der Waals surface area contributed by atoms with Crippen LogP contribution >= 0.6 is 11.3 Å². The van der Waals surface area contributed by atoms with Gasteiger partial charge in [0.25, 0.3) is 10.0 Å². The number of nitrogen functional groups attached to an aromatic ring is 1. The van der Waals surface area contributed by atoms with Crippen LogP contribution in [0.25, 0.3) is 10.8 Å². The van der Waals surface area contributed by atoms with Crippen LogP contribution in [0.4, 0.5) is 24.1 Å². The molecule has 2 fully saturated rings. The van der Waals surface area contributed by atoms with Gasteiger partial charge in [0.05, 0.1) is 6.20 Å². The van der Waals surface area contributed by atoms with E-state index in [0.717, 1.165) is 41.8 Å². The minimum Gasteiger partial charge on any atom is -0.480 e. The molecule has 5 rings (SSSR count). The number of carbonyl (C=O) groups is 2. The summed E-state index contributed by atoms with van der Waals surface area (Å²) in [6.07, 6.45) is -2.15. The van der Waals surface area contributed by atoms with Crippen LogP contribution in [0.1, 0.15) is 18.4 Å². The van der Waals surface area contributed by atoms with E-state index in [0.29, 0.717) is 10.5 Å². The summed E-state index contributed by atoms with van der Waals surface area (Å²) in [5.41, 5.74) is 5.65. The van der Waals surface area contributed by atoms with E-state index in [9.17, 15) is 36.3 Å². The highest BCUT2D eigenvalue weighted by Crippen LogP contribution is 2.34. The molecule has 2 aliphatic rings. The maximum absolute atomic E-state index is 13.2. The molecule has 2 aliphatic heterocycles. The third-order valence-electron chi connectivity index (χ3n) is 6.68. The third kappa shape index (κ3) is 5.62. The van der Waals surface area contributed by atoms with Crippen LogP contribution in [0.5, 0.6) is 5.75 Å². The zero-order valence-electron chi connectivity index (χ0n) is 20.6. The summed E-state index contributed by atoms with van der Waals surface area (Å²) >= 11 is 0.956. The van der Waals surface area contributed by atoms with Crippen molar-refractivity contribution in [1.82, 2.24) is 19.6 Å². The van der Waals surface area contributed by atoms with E-state index in [-0.39, 0.29) is 33.9 Å². The molecule has 17 heteroatoms. The molecule has 214 valence electrons. The molecule has 0 spiro atoms. The van der Waals surface area contributed by atoms with Crippen molar-refractivity contribution in [3.8, 4) is 5.75 Å². The van der Waals surface area contributed by atoms with E-state index in [1.54, 1.807) is 0 Å². The summed E-state index contributed by atoms with van der Waals surface area (Å²) in [6, 6.07) is 0.947. The van der Waals surface area contributed by atoms with Gasteiger partial charge in [-0.15, -0.1) is 13.2 Å². The average molecular weight is 601 g/mol. The number of aromatic nitrogens is 2. The molecule has 0 aliphatic carbocycles. The number of carboxylic acid groups (broad SMARTS) is 1. The van der Waals surface area contributed by atoms with Crippen molar-refractivity contribution in [2.45, 2.75) is 41.9 Å². The second-order valence-corrected chi connectivity index (χ2v) is 12.2. The Morgan fingerprint density at radius 3 is 2.67 bits per heavy atom. The number of halogens is 3. The van der Waals surface area contributed by atoms with Gasteiger partial charge in [0.2, 0.25) is 5.91 Å². The molecule has 3 aromatic rings. The lowest BCUT2D eigenvalue weighted by molar-refractivity contribution is -0.274. The number of carbonyl (C=O) groups excluding carboxylic acids is 1. The molecule has 4 heterocycles. The number of fused-ring (bicyclic) bond motifs is 1. The van der Waals surface area contributed by atoms with Crippen molar-refractivity contribution >= 4 is 55.0 Å². The van der Waals surface area contributed by atoms with Crippen LogP contribution in [-0.2, 0) is 26.0 Å². The van der Waals surface area contributed by atoms with Crippen molar-refractivity contribution in [1.29, 1.82) is 0 Å². The lowest BCUT2D eigenvalue weighted by atomic mass is 10.00. The van der Waals surface area contributed by atoms with Gasteiger partial charge in [0, 0.05) is 37.6 Å². The Bertz CT molecular complexity index is 1580. The van der Waals surface area contributed by atoms with Gasteiger partial charge in [-0.1, -0.05) is 11.3 Å². The van der Waals surface area contributed by atoms with E-state index >= 15 is 0 Å². The van der Waals surface area contributed by atoms with Crippen molar-refractivity contribution in [3.05, 3.63) is 36.2 Å². The van der Waals surface area contributed by atoms with Crippen LogP contribution in [0, 0.1) is 0 Å². The number of sulfonamides is 1. The summed E-state index contributed by atoms with van der Waals surface area (Å²) in [7, 11) is -4.14. The molecule has 40 heavy (non-hydrogen) atoms. The maximum Gasteiger partial charge on any atom is 0.573 e. The van der Waals surface area contributed by atoms with Gasteiger partial charge >= 0.3 is 12.3 Å². The number of alkyl halides is 3. The quantitative estimate of drug-likeness (QED) is 0.330. The summed E-state index contributed by atoms with van der Waals surface area (Å²) < 4.78 is 71.8. The van der Waals surface area contributed by atoms with E-state index in [2.05, 4.69) is 19.4 Å². The molecular formula is C23H23F3N6O6S2. The highest BCUT2D eigenvalue weighted by molar-refractivity contribution is 7.91. The van der Waals surface area contributed by atoms with E-state index in [1.165, 1.54) is 24.5 Å². The lowest BCUT2D eigenvalue weighted by Gasteiger charge is -2.30. The van der Waals surface area contributed by atoms with Gasteiger partial charge in [-0.05, 0) is 42.0 Å². The number of hydrogen-bond donors (Lipinski definition) is 3. The van der Waals surface area contributed by atoms with Crippen molar-refractivity contribution in [3.63, 3.8) is 0 Å². The fourth-order valence-electron chi connectivity index (χ4n) is 4.58. The van der Waals surface area contributed by atoms with E-state index in [1.807, 2.05) is 4.90 Å². The lowest BCUT2D eigenvalue weighted by Crippen LogP contribution is -2.48. The Balaban J connectivity index is 1.37. The second kappa shape index (κ2) is 10.4. The molecule has 0 saturated carbocycles. The Hall–Kier alpha value is -3.70. The minimum absolute atomic E-state index is 0.0362. The van der Waals surface area contributed by atoms with Crippen LogP contribution in [-0.4, -0.2) is 78.3 Å². The summed E-state index contributed by atoms with van der Waals surface area (Å²) in [5, 5.41) is 11.0. The molecule has 12 nitrogen and oxygen atoms in total. The minimum atomic E-state index is -5.09. The zero-order valence-corrected chi connectivity index (χ0v) is 22.2. The molecule has 0 radical (unpaired) electrons. The summed E-state index contributed by atoms with van der Waals surface area (Å²) in [6.45, 7) is 1.40. The van der Waals surface area contributed by atoms with Crippen LogP contribution in [0.15, 0.2) is 34.8 Å². The number of pyridine rings is 1. The number of nitrogens with one attached hydrogen (secondary N) is 1. The van der Waals surface area contributed by atoms with Crippen LogP contribution < -0.4 is 20.1 Å². The number of amides is 1. The summed E-state index contributed by atoms with van der Waals surface area (Å²) in [5.74, 6) is -3.02. The van der Waals surface area contributed by atoms with Gasteiger partial charge in [-0.25, -0.2) is 23.2 Å². The number of ether oxygens (including phenoxy) is 1. The number of likely N-dealkylation sites (tertiary alicyclic amines) is 1. The third-order valence-corrected chi connectivity index (χ3v) is 9.67. The average Bonchev–Trinajstić information content (AvgIpc) is 3.44. The maximum atomic E-state index is 13.2. The fourth-order valence-corrected chi connectivity index (χ4v) is 6.99. The Morgan fingerprint density at radius 1 is 1.27 bits per heavy atom. The van der Waals surface area contributed by atoms with Gasteiger partial charge in [0.1, 0.15) is 23.7 Å². The van der Waals surface area contributed by atoms with E-state index in [4.69, 9.17) is 5.73 Å². The Kier molecular flexibility index (Phi) is 7.22. The zero-order chi connectivity index (χ0) is 28.8. The SMILES string of the molecule is Nc1nccc2cc(CC(C(=O)O)N3CCC(NS(=O)(=O)c4cnc(N5CCC5)s4)C3=O)c(OC(F)(F)F)cc12. The first-order chi connectivity index (χ1) is 18.8. The molecule has 1 aromatic carbocycles. The van der Waals surface area contributed by atoms with Crippen LogP contribution in [0.2, 0.25) is 0 Å². The van der Waals surface area contributed by atoms with Crippen LogP contribution in [0.3, 0.4) is 0 Å². The van der Waals surface area contributed by atoms with Gasteiger partial charge in [-0.2, -0.15) is 4.72 Å². The number of thiazole rings is 1. The fraction of sp³-hybridized carbons (Fsp3) is 0.391. The topological polar surface area (TPSA) is 168 Å². The Morgan fingerprint density at radius 2 is 2.02 bits per heavy atom. The number of nitrogens with two attached hydrogens (primary N) is 1.